The molecule has 1 aromatic carbocycles. The van der Waals surface area contributed by atoms with Crippen molar-refractivity contribution in [3.8, 4) is 11.5 Å². The maximum absolute atomic E-state index is 6.46. The van der Waals surface area contributed by atoms with Crippen molar-refractivity contribution in [2.75, 3.05) is 13.2 Å². The zero-order chi connectivity index (χ0) is 13.0. The second-order valence-electron chi connectivity index (χ2n) is 4.48. The fraction of sp³-hybridized carbons (Fsp3) is 0.571. The van der Waals surface area contributed by atoms with Crippen LogP contribution < -0.4 is 9.47 Å². The molecule has 0 saturated heterocycles. The molecule has 0 saturated carbocycles. The number of benzene rings is 1. The zero-order valence-electron chi connectivity index (χ0n) is 10.5. The van der Waals surface area contributed by atoms with Crippen molar-refractivity contribution in [3.05, 3.63) is 22.2 Å². The van der Waals surface area contributed by atoms with Gasteiger partial charge in [-0.1, -0.05) is 42.1 Å². The summed E-state index contributed by atoms with van der Waals surface area (Å²) in [5.41, 5.74) is 1.09. The lowest BCUT2D eigenvalue weighted by Gasteiger charge is -2.21. The molecule has 1 unspecified atom stereocenters. The Balaban J connectivity index is 2.12. The van der Waals surface area contributed by atoms with E-state index in [9.17, 15) is 0 Å². The molecule has 18 heavy (non-hydrogen) atoms. The lowest BCUT2D eigenvalue weighted by molar-refractivity contribution is 0.171. The number of fused-ring (bicyclic) bond motifs is 1. The van der Waals surface area contributed by atoms with Crippen molar-refractivity contribution >= 4 is 27.5 Å². The summed E-state index contributed by atoms with van der Waals surface area (Å²) in [6, 6.07) is 3.96. The topological polar surface area (TPSA) is 18.5 Å². The molecule has 1 aliphatic rings. The molecule has 100 valence electrons. The summed E-state index contributed by atoms with van der Waals surface area (Å²) >= 11 is 10.0. The number of hydrogen-bond donors (Lipinski definition) is 0. The molecular formula is C14H18BrClO2. The van der Waals surface area contributed by atoms with Crippen LogP contribution in [0.2, 0.25) is 0 Å². The van der Waals surface area contributed by atoms with Crippen LogP contribution in [0.15, 0.2) is 16.6 Å². The number of halogens is 2. The summed E-state index contributed by atoms with van der Waals surface area (Å²) in [7, 11) is 0. The fourth-order valence-electron chi connectivity index (χ4n) is 2.05. The highest BCUT2D eigenvalue weighted by atomic mass is 79.9. The van der Waals surface area contributed by atoms with Gasteiger partial charge in [0.05, 0.1) is 5.38 Å². The van der Waals surface area contributed by atoms with Crippen LogP contribution in [0.1, 0.15) is 43.5 Å². The van der Waals surface area contributed by atoms with Crippen LogP contribution in [-0.2, 0) is 0 Å². The van der Waals surface area contributed by atoms with Gasteiger partial charge in [-0.3, -0.25) is 0 Å². The standard InChI is InChI=1S/C14H18BrClO2/c1-2-3-4-5-12(16)10-8-13-14(9-11(10)15)18-7-6-17-13/h8-9,12H,2-7H2,1H3. The number of alkyl halides is 1. The predicted molar refractivity (Wildman–Crippen MR) is 77.9 cm³/mol. The van der Waals surface area contributed by atoms with Crippen molar-refractivity contribution in [1.29, 1.82) is 0 Å². The average molecular weight is 334 g/mol. The Bertz CT molecular complexity index is 409. The first kappa shape index (κ1) is 14.0. The van der Waals surface area contributed by atoms with E-state index >= 15 is 0 Å². The normalized spacial score (nSPS) is 15.5. The summed E-state index contributed by atoms with van der Waals surface area (Å²) in [5, 5.41) is 0.0294. The van der Waals surface area contributed by atoms with Crippen LogP contribution >= 0.6 is 27.5 Å². The Labute approximate surface area is 122 Å². The third-order valence-corrected chi connectivity index (χ3v) is 4.20. The Morgan fingerprint density at radius 1 is 1.22 bits per heavy atom. The van der Waals surface area contributed by atoms with Crippen molar-refractivity contribution in [1.82, 2.24) is 0 Å². The Morgan fingerprint density at radius 3 is 2.56 bits per heavy atom. The van der Waals surface area contributed by atoms with Crippen LogP contribution in [-0.4, -0.2) is 13.2 Å². The van der Waals surface area contributed by atoms with Crippen molar-refractivity contribution in [2.45, 2.75) is 38.0 Å². The van der Waals surface area contributed by atoms with Gasteiger partial charge in [-0.15, -0.1) is 11.6 Å². The second-order valence-corrected chi connectivity index (χ2v) is 5.86. The van der Waals surface area contributed by atoms with E-state index in [4.69, 9.17) is 21.1 Å². The summed E-state index contributed by atoms with van der Waals surface area (Å²) < 4.78 is 12.1. The van der Waals surface area contributed by atoms with E-state index < -0.39 is 0 Å². The SMILES string of the molecule is CCCCCC(Cl)c1cc2c(cc1Br)OCCO2. The van der Waals surface area contributed by atoms with Crippen molar-refractivity contribution < 1.29 is 9.47 Å². The zero-order valence-corrected chi connectivity index (χ0v) is 12.9. The van der Waals surface area contributed by atoms with E-state index in [1.807, 2.05) is 12.1 Å². The van der Waals surface area contributed by atoms with Gasteiger partial charge in [0.2, 0.25) is 0 Å². The maximum Gasteiger partial charge on any atom is 0.162 e. The number of unbranched alkanes of at least 4 members (excludes halogenated alkanes) is 2. The number of hydrogen-bond acceptors (Lipinski definition) is 2. The first-order valence-electron chi connectivity index (χ1n) is 6.45. The molecule has 0 radical (unpaired) electrons. The summed E-state index contributed by atoms with van der Waals surface area (Å²) in [6.07, 6.45) is 4.59. The van der Waals surface area contributed by atoms with Crippen LogP contribution in [0, 0.1) is 0 Å². The highest BCUT2D eigenvalue weighted by molar-refractivity contribution is 9.10. The van der Waals surface area contributed by atoms with E-state index in [2.05, 4.69) is 22.9 Å². The van der Waals surface area contributed by atoms with Gasteiger partial charge < -0.3 is 9.47 Å². The van der Waals surface area contributed by atoms with E-state index in [-0.39, 0.29) is 5.38 Å². The van der Waals surface area contributed by atoms with Gasteiger partial charge >= 0.3 is 0 Å². The Hall–Kier alpha value is -0.410. The lowest BCUT2D eigenvalue weighted by atomic mass is 10.0. The first-order chi connectivity index (χ1) is 8.72. The summed E-state index contributed by atoms with van der Waals surface area (Å²) in [6.45, 7) is 3.42. The minimum atomic E-state index is 0.0294. The fourth-order valence-corrected chi connectivity index (χ4v) is 3.11. The van der Waals surface area contributed by atoms with Crippen LogP contribution in [0.5, 0.6) is 11.5 Å². The minimum absolute atomic E-state index is 0.0294. The molecule has 0 spiro atoms. The quantitative estimate of drug-likeness (QED) is 0.552. The molecule has 0 aliphatic carbocycles. The van der Waals surface area contributed by atoms with Gasteiger partial charge in [0.1, 0.15) is 13.2 Å². The van der Waals surface area contributed by atoms with Crippen LogP contribution in [0.3, 0.4) is 0 Å². The first-order valence-corrected chi connectivity index (χ1v) is 7.68. The van der Waals surface area contributed by atoms with Gasteiger partial charge in [-0.05, 0) is 24.1 Å². The van der Waals surface area contributed by atoms with Gasteiger partial charge in [0.15, 0.2) is 11.5 Å². The smallest absolute Gasteiger partial charge is 0.162 e. The molecule has 0 aromatic heterocycles. The third kappa shape index (κ3) is 3.33. The molecule has 1 aromatic rings. The van der Waals surface area contributed by atoms with E-state index in [1.165, 1.54) is 12.8 Å². The Kier molecular flexibility index (Phi) is 5.19. The van der Waals surface area contributed by atoms with Gasteiger partial charge in [0.25, 0.3) is 0 Å². The van der Waals surface area contributed by atoms with Gasteiger partial charge in [-0.2, -0.15) is 0 Å². The number of rotatable bonds is 5. The highest BCUT2D eigenvalue weighted by Gasteiger charge is 2.18. The van der Waals surface area contributed by atoms with Crippen molar-refractivity contribution in [2.24, 2.45) is 0 Å². The van der Waals surface area contributed by atoms with E-state index in [1.54, 1.807) is 0 Å². The second kappa shape index (κ2) is 6.67. The number of ether oxygens (including phenoxy) is 2. The van der Waals surface area contributed by atoms with Crippen LogP contribution in [0.4, 0.5) is 0 Å². The summed E-state index contributed by atoms with van der Waals surface area (Å²) in [4.78, 5) is 0. The molecule has 1 atom stereocenters. The molecule has 0 N–H and O–H groups in total. The minimum Gasteiger partial charge on any atom is -0.486 e. The van der Waals surface area contributed by atoms with Crippen molar-refractivity contribution in [3.63, 3.8) is 0 Å². The molecular weight excluding hydrogens is 316 g/mol. The largest absolute Gasteiger partial charge is 0.486 e. The summed E-state index contributed by atoms with van der Waals surface area (Å²) in [5.74, 6) is 1.61. The molecule has 4 heteroatoms. The molecule has 2 nitrogen and oxygen atoms in total. The Morgan fingerprint density at radius 2 is 1.89 bits per heavy atom. The molecule has 0 fully saturated rings. The lowest BCUT2D eigenvalue weighted by Crippen LogP contribution is -2.15. The monoisotopic (exact) mass is 332 g/mol. The maximum atomic E-state index is 6.46. The molecule has 1 heterocycles. The molecule has 0 amide bonds. The molecule has 2 rings (SSSR count). The highest BCUT2D eigenvalue weighted by Crippen LogP contribution is 2.40. The third-order valence-electron chi connectivity index (χ3n) is 3.06. The predicted octanol–water partition coefficient (Wildman–Crippen LogP) is 5.08. The van der Waals surface area contributed by atoms with E-state index in [0.717, 1.165) is 34.4 Å². The van der Waals surface area contributed by atoms with Gasteiger partial charge in [0, 0.05) is 4.47 Å². The molecule has 1 aliphatic heterocycles. The van der Waals surface area contributed by atoms with E-state index in [0.29, 0.717) is 13.2 Å². The van der Waals surface area contributed by atoms with Gasteiger partial charge in [-0.25, -0.2) is 0 Å². The molecule has 0 bridgehead atoms. The average Bonchev–Trinajstić information content (AvgIpc) is 2.38. The van der Waals surface area contributed by atoms with Crippen LogP contribution in [0.25, 0.3) is 0 Å².